The number of amides is 1. The van der Waals surface area contributed by atoms with Crippen LogP contribution in [0.25, 0.3) is 0 Å². The molecule has 1 N–H and O–H groups in total. The summed E-state index contributed by atoms with van der Waals surface area (Å²) in [4.78, 5) is 12.3. The second-order valence-corrected chi connectivity index (χ2v) is 7.05. The van der Waals surface area contributed by atoms with Gasteiger partial charge in [0.25, 0.3) is 5.91 Å². The zero-order valence-electron chi connectivity index (χ0n) is 13.0. The van der Waals surface area contributed by atoms with Crippen molar-refractivity contribution in [2.45, 2.75) is 32.1 Å². The highest BCUT2D eigenvalue weighted by Gasteiger charge is 2.56. The Labute approximate surface area is 130 Å². The highest BCUT2D eigenvalue weighted by molar-refractivity contribution is 6.04. The SMILES string of the molecule is Cn1cc(C(=O)Nc2ccccc2C2CC2C2(C)CC2)cn1. The molecule has 0 spiro atoms. The van der Waals surface area contributed by atoms with E-state index in [1.165, 1.54) is 24.8 Å². The molecule has 0 radical (unpaired) electrons. The number of nitrogens with one attached hydrogen (secondary N) is 1. The van der Waals surface area contributed by atoms with Gasteiger partial charge in [0.1, 0.15) is 0 Å². The van der Waals surface area contributed by atoms with Crippen LogP contribution in [0.4, 0.5) is 5.69 Å². The molecule has 2 saturated carbocycles. The third-order valence-corrected chi connectivity index (χ3v) is 5.30. The lowest BCUT2D eigenvalue weighted by atomic mass is 9.97. The van der Waals surface area contributed by atoms with E-state index < -0.39 is 0 Å². The fourth-order valence-corrected chi connectivity index (χ4v) is 3.54. The number of nitrogens with zero attached hydrogens (tertiary/aromatic N) is 2. The van der Waals surface area contributed by atoms with E-state index in [0.29, 0.717) is 16.9 Å². The van der Waals surface area contributed by atoms with Gasteiger partial charge in [0.2, 0.25) is 0 Å². The molecule has 0 saturated heterocycles. The summed E-state index contributed by atoms with van der Waals surface area (Å²) in [6.45, 7) is 2.40. The molecule has 2 fully saturated rings. The van der Waals surface area contributed by atoms with E-state index in [1.54, 1.807) is 17.1 Å². The van der Waals surface area contributed by atoms with Crippen molar-refractivity contribution in [3.8, 4) is 0 Å². The molecule has 2 aliphatic rings. The molecule has 0 bridgehead atoms. The number of aryl methyl sites for hydroxylation is 1. The first-order valence-corrected chi connectivity index (χ1v) is 7.96. The lowest BCUT2D eigenvalue weighted by Crippen LogP contribution is -2.12. The van der Waals surface area contributed by atoms with Crippen LogP contribution >= 0.6 is 0 Å². The molecule has 22 heavy (non-hydrogen) atoms. The standard InChI is InChI=1S/C18H21N3O/c1-18(7-8-18)15-9-14(15)13-5-3-4-6-16(13)20-17(22)12-10-19-21(2)11-12/h3-6,10-11,14-15H,7-9H2,1-2H3,(H,20,22). The van der Waals surface area contributed by atoms with E-state index in [0.717, 1.165) is 11.6 Å². The summed E-state index contributed by atoms with van der Waals surface area (Å²) < 4.78 is 1.64. The first-order chi connectivity index (χ1) is 10.6. The maximum Gasteiger partial charge on any atom is 0.258 e. The van der Waals surface area contributed by atoms with E-state index in [4.69, 9.17) is 0 Å². The van der Waals surface area contributed by atoms with Crippen LogP contribution in [0.1, 0.15) is 48.0 Å². The van der Waals surface area contributed by atoms with E-state index in [9.17, 15) is 4.79 Å². The van der Waals surface area contributed by atoms with Crippen LogP contribution in [-0.4, -0.2) is 15.7 Å². The molecule has 0 aliphatic heterocycles. The number of hydrogen-bond donors (Lipinski definition) is 1. The normalized spacial score (nSPS) is 24.8. The zero-order chi connectivity index (χ0) is 15.3. The molecular formula is C18H21N3O. The van der Waals surface area contributed by atoms with Crippen LogP contribution < -0.4 is 5.32 Å². The first-order valence-electron chi connectivity index (χ1n) is 7.96. The average molecular weight is 295 g/mol. The van der Waals surface area contributed by atoms with Crippen molar-refractivity contribution in [1.82, 2.24) is 9.78 Å². The van der Waals surface area contributed by atoms with Gasteiger partial charge in [-0.25, -0.2) is 0 Å². The largest absolute Gasteiger partial charge is 0.322 e. The topological polar surface area (TPSA) is 46.9 Å². The Hall–Kier alpha value is -2.10. The molecular weight excluding hydrogens is 274 g/mol. The van der Waals surface area contributed by atoms with Crippen molar-refractivity contribution >= 4 is 11.6 Å². The van der Waals surface area contributed by atoms with E-state index in [2.05, 4.69) is 29.5 Å². The molecule has 114 valence electrons. The molecule has 2 unspecified atom stereocenters. The summed E-state index contributed by atoms with van der Waals surface area (Å²) in [7, 11) is 1.82. The molecule has 1 aromatic heterocycles. The lowest BCUT2D eigenvalue weighted by Gasteiger charge is -2.12. The zero-order valence-corrected chi connectivity index (χ0v) is 13.0. The molecule has 1 amide bonds. The third-order valence-electron chi connectivity index (χ3n) is 5.30. The number of rotatable bonds is 4. The van der Waals surface area contributed by atoms with Crippen LogP contribution in [-0.2, 0) is 7.05 Å². The summed E-state index contributed by atoms with van der Waals surface area (Å²) >= 11 is 0. The van der Waals surface area contributed by atoms with Gasteiger partial charge in [-0.2, -0.15) is 5.10 Å². The van der Waals surface area contributed by atoms with E-state index in [1.807, 2.05) is 19.2 Å². The van der Waals surface area contributed by atoms with Gasteiger partial charge in [0.15, 0.2) is 0 Å². The summed E-state index contributed by atoms with van der Waals surface area (Å²) in [6, 6.07) is 8.22. The smallest absolute Gasteiger partial charge is 0.258 e. The van der Waals surface area contributed by atoms with Crippen molar-refractivity contribution < 1.29 is 4.79 Å². The first kappa shape index (κ1) is 13.6. The van der Waals surface area contributed by atoms with Crippen molar-refractivity contribution in [2.24, 2.45) is 18.4 Å². The number of anilines is 1. The summed E-state index contributed by atoms with van der Waals surface area (Å²) in [5.74, 6) is 1.32. The minimum absolute atomic E-state index is 0.0876. The monoisotopic (exact) mass is 295 g/mol. The van der Waals surface area contributed by atoms with Gasteiger partial charge in [-0.05, 0) is 48.1 Å². The van der Waals surface area contributed by atoms with Crippen molar-refractivity contribution in [1.29, 1.82) is 0 Å². The molecule has 4 nitrogen and oxygen atoms in total. The number of aromatic nitrogens is 2. The highest BCUT2D eigenvalue weighted by atomic mass is 16.1. The second kappa shape index (κ2) is 4.70. The summed E-state index contributed by atoms with van der Waals surface area (Å²) in [6.07, 6.45) is 7.32. The van der Waals surface area contributed by atoms with E-state index >= 15 is 0 Å². The fraction of sp³-hybridized carbons (Fsp3) is 0.444. The Bertz CT molecular complexity index is 729. The van der Waals surface area contributed by atoms with Gasteiger partial charge in [-0.3, -0.25) is 9.48 Å². The number of hydrogen-bond acceptors (Lipinski definition) is 2. The van der Waals surface area contributed by atoms with Crippen molar-refractivity contribution in [2.75, 3.05) is 5.32 Å². The van der Waals surface area contributed by atoms with Crippen LogP contribution in [0.3, 0.4) is 0 Å². The maximum atomic E-state index is 12.3. The quantitative estimate of drug-likeness (QED) is 0.937. The minimum atomic E-state index is -0.0876. The van der Waals surface area contributed by atoms with Crippen LogP contribution in [0.2, 0.25) is 0 Å². The van der Waals surface area contributed by atoms with Crippen LogP contribution in [0.15, 0.2) is 36.7 Å². The molecule has 2 atom stereocenters. The molecule has 2 aromatic rings. The van der Waals surface area contributed by atoms with Gasteiger partial charge >= 0.3 is 0 Å². The van der Waals surface area contributed by atoms with Crippen LogP contribution in [0, 0.1) is 11.3 Å². The Kier molecular flexibility index (Phi) is 2.90. The fourth-order valence-electron chi connectivity index (χ4n) is 3.54. The third kappa shape index (κ3) is 2.32. The van der Waals surface area contributed by atoms with Gasteiger partial charge in [0, 0.05) is 18.9 Å². The maximum absolute atomic E-state index is 12.3. The van der Waals surface area contributed by atoms with Gasteiger partial charge in [-0.15, -0.1) is 0 Å². The second-order valence-electron chi connectivity index (χ2n) is 7.05. The Morgan fingerprint density at radius 1 is 1.36 bits per heavy atom. The predicted octanol–water partition coefficient (Wildman–Crippen LogP) is 3.58. The summed E-state index contributed by atoms with van der Waals surface area (Å²) in [5, 5.41) is 7.12. The average Bonchev–Trinajstić information content (AvgIpc) is 3.40. The number of carbonyl (C=O) groups is 1. The Balaban J connectivity index is 1.54. The van der Waals surface area contributed by atoms with Crippen molar-refractivity contribution in [3.63, 3.8) is 0 Å². The highest BCUT2D eigenvalue weighted by Crippen LogP contribution is 2.67. The summed E-state index contributed by atoms with van der Waals surface area (Å²) in [5.41, 5.74) is 3.40. The number of benzene rings is 1. The predicted molar refractivity (Wildman–Crippen MR) is 85.8 cm³/mol. The Morgan fingerprint density at radius 2 is 2.14 bits per heavy atom. The molecule has 1 aromatic carbocycles. The van der Waals surface area contributed by atoms with Gasteiger partial charge < -0.3 is 5.32 Å². The van der Waals surface area contributed by atoms with E-state index in [-0.39, 0.29) is 5.91 Å². The molecule has 1 heterocycles. The Morgan fingerprint density at radius 3 is 2.82 bits per heavy atom. The number of para-hydroxylation sites is 1. The van der Waals surface area contributed by atoms with Gasteiger partial charge in [-0.1, -0.05) is 25.1 Å². The molecule has 2 aliphatic carbocycles. The number of carbonyl (C=O) groups excluding carboxylic acids is 1. The lowest BCUT2D eigenvalue weighted by molar-refractivity contribution is 0.102. The minimum Gasteiger partial charge on any atom is -0.322 e. The van der Waals surface area contributed by atoms with Crippen molar-refractivity contribution in [3.05, 3.63) is 47.8 Å². The molecule has 4 rings (SSSR count). The van der Waals surface area contributed by atoms with Crippen LogP contribution in [0.5, 0.6) is 0 Å². The molecule has 4 heteroatoms. The van der Waals surface area contributed by atoms with Gasteiger partial charge in [0.05, 0.1) is 11.8 Å².